The Hall–Kier alpha value is -3.31. The summed E-state index contributed by atoms with van der Waals surface area (Å²) in [5.41, 5.74) is -0.124. The van der Waals surface area contributed by atoms with E-state index < -0.39 is 33.9 Å². The number of aromatic nitrogens is 3. The van der Waals surface area contributed by atoms with E-state index in [-0.39, 0.29) is 29.4 Å². The molecule has 2 aromatic heterocycles. The number of sulfonamides is 1. The van der Waals surface area contributed by atoms with Crippen LogP contribution in [0.4, 0.5) is 10.1 Å². The summed E-state index contributed by atoms with van der Waals surface area (Å²) in [5.74, 6) is -1.20. The van der Waals surface area contributed by atoms with Gasteiger partial charge < -0.3 is 9.88 Å². The summed E-state index contributed by atoms with van der Waals surface area (Å²) in [4.78, 5) is 24.4. The van der Waals surface area contributed by atoms with Gasteiger partial charge in [0, 0.05) is 43.4 Å². The van der Waals surface area contributed by atoms with Crippen molar-refractivity contribution in [3.05, 3.63) is 71.2 Å². The Morgan fingerprint density at radius 1 is 1.19 bits per heavy atom. The molecule has 1 N–H and O–H groups in total. The van der Waals surface area contributed by atoms with Crippen LogP contribution in [0, 0.1) is 5.82 Å². The van der Waals surface area contributed by atoms with Crippen molar-refractivity contribution >= 4 is 21.6 Å². The van der Waals surface area contributed by atoms with E-state index in [1.54, 1.807) is 26.1 Å². The molecule has 0 saturated heterocycles. The third kappa shape index (κ3) is 4.89. The molecule has 0 aliphatic carbocycles. The summed E-state index contributed by atoms with van der Waals surface area (Å²) in [6.07, 6.45) is 4.24. The second kappa shape index (κ2) is 9.23. The lowest BCUT2D eigenvalue weighted by atomic mass is 10.2. The zero-order valence-electron chi connectivity index (χ0n) is 17.0. The van der Waals surface area contributed by atoms with E-state index in [9.17, 15) is 22.4 Å². The molecule has 164 valence electrons. The monoisotopic (exact) mass is 447 g/mol. The lowest BCUT2D eigenvalue weighted by Gasteiger charge is -2.19. The smallest absolute Gasteiger partial charge is 0.251 e. The van der Waals surface area contributed by atoms with Crippen molar-refractivity contribution in [2.24, 2.45) is 0 Å². The van der Waals surface area contributed by atoms with Gasteiger partial charge in [-0.05, 0) is 30.3 Å². The zero-order chi connectivity index (χ0) is 22.6. The standard InChI is InChI=1S/C20H22FN5O4S/c1-3-25(4-2)31(29,30)16-7-9-20(28)24(13-16)14-19(27)23-15-6-8-18(17(21)12-15)26-11-5-10-22-26/h5-13H,3-4,14H2,1-2H3,(H,23,27). The van der Waals surface area contributed by atoms with Gasteiger partial charge in [0.15, 0.2) is 5.82 Å². The molecule has 0 fully saturated rings. The number of rotatable bonds is 8. The number of pyridine rings is 1. The molecule has 9 nitrogen and oxygen atoms in total. The van der Waals surface area contributed by atoms with Gasteiger partial charge in [-0.2, -0.15) is 9.40 Å². The minimum absolute atomic E-state index is 0.0850. The predicted octanol–water partition coefficient (Wildman–Crippen LogP) is 1.84. The molecule has 2 heterocycles. The maximum Gasteiger partial charge on any atom is 0.251 e. The second-order valence-corrected chi connectivity index (χ2v) is 8.52. The highest BCUT2D eigenvalue weighted by molar-refractivity contribution is 7.89. The minimum Gasteiger partial charge on any atom is -0.324 e. The molecule has 0 atom stereocenters. The van der Waals surface area contributed by atoms with Gasteiger partial charge in [-0.3, -0.25) is 9.59 Å². The number of benzene rings is 1. The Morgan fingerprint density at radius 3 is 2.55 bits per heavy atom. The lowest BCUT2D eigenvalue weighted by molar-refractivity contribution is -0.116. The fraction of sp³-hybridized carbons (Fsp3) is 0.250. The van der Waals surface area contributed by atoms with E-state index in [0.29, 0.717) is 0 Å². The van der Waals surface area contributed by atoms with E-state index in [2.05, 4.69) is 10.4 Å². The average Bonchev–Trinajstić information content (AvgIpc) is 3.25. The number of carbonyl (C=O) groups is 1. The number of halogens is 1. The maximum absolute atomic E-state index is 14.3. The highest BCUT2D eigenvalue weighted by Crippen LogP contribution is 2.18. The molecule has 0 bridgehead atoms. The fourth-order valence-corrected chi connectivity index (χ4v) is 4.51. The molecule has 0 spiro atoms. The van der Waals surface area contributed by atoms with E-state index in [0.717, 1.165) is 22.9 Å². The van der Waals surface area contributed by atoms with Gasteiger partial charge in [0.1, 0.15) is 12.2 Å². The molecular weight excluding hydrogens is 425 g/mol. The predicted molar refractivity (Wildman–Crippen MR) is 113 cm³/mol. The van der Waals surface area contributed by atoms with Gasteiger partial charge in [-0.25, -0.2) is 17.5 Å². The van der Waals surface area contributed by atoms with Crippen molar-refractivity contribution in [3.8, 4) is 5.69 Å². The molecule has 31 heavy (non-hydrogen) atoms. The molecule has 0 aliphatic rings. The number of carbonyl (C=O) groups excluding carboxylic acids is 1. The SMILES string of the molecule is CCN(CC)S(=O)(=O)c1ccc(=O)n(CC(=O)Nc2ccc(-n3cccn3)c(F)c2)c1. The van der Waals surface area contributed by atoms with Crippen molar-refractivity contribution in [1.29, 1.82) is 0 Å². The van der Waals surface area contributed by atoms with E-state index in [4.69, 9.17) is 0 Å². The Bertz CT molecular complexity index is 1230. The fourth-order valence-electron chi connectivity index (χ4n) is 3.04. The van der Waals surface area contributed by atoms with E-state index >= 15 is 0 Å². The first-order valence-corrected chi connectivity index (χ1v) is 11.0. The summed E-state index contributed by atoms with van der Waals surface area (Å²) >= 11 is 0. The van der Waals surface area contributed by atoms with Crippen LogP contribution >= 0.6 is 0 Å². The summed E-state index contributed by atoms with van der Waals surface area (Å²) in [7, 11) is -3.78. The number of nitrogens with zero attached hydrogens (tertiary/aromatic N) is 4. The number of hydrogen-bond acceptors (Lipinski definition) is 5. The highest BCUT2D eigenvalue weighted by atomic mass is 32.2. The number of nitrogens with one attached hydrogen (secondary N) is 1. The quantitative estimate of drug-likeness (QED) is 0.567. The number of anilines is 1. The first-order valence-electron chi connectivity index (χ1n) is 9.56. The minimum atomic E-state index is -3.78. The normalized spacial score (nSPS) is 11.6. The third-order valence-corrected chi connectivity index (χ3v) is 6.63. The lowest BCUT2D eigenvalue weighted by Crippen LogP contribution is -2.33. The molecule has 0 aliphatic heterocycles. The number of hydrogen-bond donors (Lipinski definition) is 1. The zero-order valence-corrected chi connectivity index (χ0v) is 17.8. The molecular formula is C20H22FN5O4S. The Balaban J connectivity index is 1.78. The van der Waals surface area contributed by atoms with E-state index in [1.165, 1.54) is 33.4 Å². The van der Waals surface area contributed by atoms with Crippen LogP contribution in [-0.2, 0) is 21.4 Å². The topological polar surface area (TPSA) is 106 Å². The summed E-state index contributed by atoms with van der Waals surface area (Å²) in [6.45, 7) is 3.54. The molecule has 0 unspecified atom stereocenters. The van der Waals surface area contributed by atoms with Gasteiger partial charge in [0.25, 0.3) is 5.56 Å². The number of amides is 1. The first-order chi connectivity index (χ1) is 14.8. The van der Waals surface area contributed by atoms with Crippen LogP contribution in [0.5, 0.6) is 0 Å². The molecule has 0 radical (unpaired) electrons. The highest BCUT2D eigenvalue weighted by Gasteiger charge is 2.22. The van der Waals surface area contributed by atoms with Crippen molar-refractivity contribution in [1.82, 2.24) is 18.7 Å². The largest absolute Gasteiger partial charge is 0.324 e. The molecule has 3 aromatic rings. The summed E-state index contributed by atoms with van der Waals surface area (Å²) in [6, 6.07) is 8.07. The van der Waals surface area contributed by atoms with Crippen molar-refractivity contribution < 1.29 is 17.6 Å². The van der Waals surface area contributed by atoms with Crippen LogP contribution in [0.25, 0.3) is 5.69 Å². The van der Waals surface area contributed by atoms with Crippen molar-refractivity contribution in [2.45, 2.75) is 25.3 Å². The van der Waals surface area contributed by atoms with Crippen molar-refractivity contribution in [3.63, 3.8) is 0 Å². The van der Waals surface area contributed by atoms with Crippen LogP contribution < -0.4 is 10.9 Å². The molecule has 1 amide bonds. The molecule has 3 rings (SSSR count). The Kier molecular flexibility index (Phi) is 6.66. The van der Waals surface area contributed by atoms with Gasteiger partial charge in [-0.1, -0.05) is 13.8 Å². The molecule has 1 aromatic carbocycles. The third-order valence-electron chi connectivity index (χ3n) is 4.60. The first kappa shape index (κ1) is 22.4. The van der Waals surface area contributed by atoms with Crippen LogP contribution in [0.3, 0.4) is 0 Å². The maximum atomic E-state index is 14.3. The van der Waals surface area contributed by atoms with Crippen molar-refractivity contribution in [2.75, 3.05) is 18.4 Å². The van der Waals surface area contributed by atoms with Gasteiger partial charge in [-0.15, -0.1) is 0 Å². The summed E-state index contributed by atoms with van der Waals surface area (Å²) < 4.78 is 43.3. The van der Waals surface area contributed by atoms with Crippen LogP contribution in [0.2, 0.25) is 0 Å². The summed E-state index contributed by atoms with van der Waals surface area (Å²) in [5, 5.41) is 6.46. The Morgan fingerprint density at radius 2 is 1.94 bits per heavy atom. The molecule has 11 heteroatoms. The molecule has 0 saturated carbocycles. The van der Waals surface area contributed by atoms with Gasteiger partial charge >= 0.3 is 0 Å². The van der Waals surface area contributed by atoms with E-state index in [1.807, 2.05) is 0 Å². The second-order valence-electron chi connectivity index (χ2n) is 6.59. The van der Waals surface area contributed by atoms with Crippen LogP contribution in [0.1, 0.15) is 13.8 Å². The average molecular weight is 447 g/mol. The van der Waals surface area contributed by atoms with Gasteiger partial charge in [0.05, 0.1) is 4.90 Å². The van der Waals surface area contributed by atoms with Gasteiger partial charge in [0.2, 0.25) is 15.9 Å². The van der Waals surface area contributed by atoms with Crippen LogP contribution in [0.15, 0.2) is 64.7 Å². The Labute approximate surface area is 178 Å². The van der Waals surface area contributed by atoms with Crippen LogP contribution in [-0.4, -0.2) is 46.1 Å².